The van der Waals surface area contributed by atoms with Crippen molar-refractivity contribution >= 4 is 23.2 Å². The summed E-state index contributed by atoms with van der Waals surface area (Å²) in [5.74, 6) is 1.03. The lowest BCUT2D eigenvalue weighted by Gasteiger charge is -2.37. The predicted molar refractivity (Wildman–Crippen MR) is 125 cm³/mol. The molecule has 1 fully saturated rings. The van der Waals surface area contributed by atoms with E-state index >= 15 is 0 Å². The summed E-state index contributed by atoms with van der Waals surface area (Å²) < 4.78 is 11.3. The Bertz CT molecular complexity index is 940. The van der Waals surface area contributed by atoms with Gasteiger partial charge in [0.2, 0.25) is 11.8 Å². The van der Waals surface area contributed by atoms with E-state index in [-0.39, 0.29) is 30.3 Å². The topological polar surface area (TPSA) is 59.1 Å². The largest absolute Gasteiger partial charge is 0.491 e. The Morgan fingerprint density at radius 1 is 1.22 bits per heavy atom. The van der Waals surface area contributed by atoms with Gasteiger partial charge in [-0.3, -0.25) is 9.59 Å². The van der Waals surface area contributed by atoms with E-state index in [1.807, 2.05) is 36.1 Å². The van der Waals surface area contributed by atoms with Crippen LogP contribution < -0.4 is 4.74 Å². The van der Waals surface area contributed by atoms with E-state index in [2.05, 4.69) is 11.4 Å². The lowest BCUT2D eigenvalue weighted by Crippen LogP contribution is -2.48. The standard InChI is InChI=1S/C25H32N2O4S/c1-18-6-3-4-7-22(18)31-17-21-20-11-15-32-23(20)10-13-27(21)24(28)16-26(12-5-14-30-2)25(29)19-8-9-19/h3-4,6-7,11,15,19,21H,5,8-10,12-14,16-17H2,1-2H3/t21-/m0/s1. The van der Waals surface area contributed by atoms with Crippen LogP contribution >= 0.6 is 11.3 Å². The Morgan fingerprint density at radius 2 is 2.03 bits per heavy atom. The van der Waals surface area contributed by atoms with Crippen molar-refractivity contribution in [2.75, 3.05) is 40.0 Å². The van der Waals surface area contributed by atoms with Gasteiger partial charge in [0.15, 0.2) is 0 Å². The first-order chi connectivity index (χ1) is 15.6. The number of ether oxygens (including phenoxy) is 2. The Morgan fingerprint density at radius 3 is 2.78 bits per heavy atom. The molecule has 2 aromatic rings. The molecule has 172 valence electrons. The predicted octanol–water partition coefficient (Wildman–Crippen LogP) is 3.84. The van der Waals surface area contributed by atoms with Crippen LogP contribution in [0.5, 0.6) is 5.75 Å². The molecule has 0 N–H and O–H groups in total. The van der Waals surface area contributed by atoms with Gasteiger partial charge in [-0.15, -0.1) is 11.3 Å². The van der Waals surface area contributed by atoms with E-state index in [1.54, 1.807) is 23.3 Å². The van der Waals surface area contributed by atoms with E-state index < -0.39 is 0 Å². The molecule has 1 aromatic heterocycles. The lowest BCUT2D eigenvalue weighted by atomic mass is 10.00. The molecule has 1 aliphatic carbocycles. The summed E-state index contributed by atoms with van der Waals surface area (Å²) in [5.41, 5.74) is 2.24. The second-order valence-corrected chi connectivity index (χ2v) is 9.61. The third-order valence-electron chi connectivity index (χ3n) is 6.25. The SMILES string of the molecule is COCCCN(CC(=O)N1CCc2sccc2[C@@H]1COc1ccccc1C)C(=O)C1CC1. The van der Waals surface area contributed by atoms with Gasteiger partial charge in [-0.25, -0.2) is 0 Å². The molecule has 6 nitrogen and oxygen atoms in total. The number of methoxy groups -OCH3 is 1. The Kier molecular flexibility index (Phi) is 7.48. The fourth-order valence-electron chi connectivity index (χ4n) is 4.27. The highest BCUT2D eigenvalue weighted by atomic mass is 32.1. The van der Waals surface area contributed by atoms with Gasteiger partial charge >= 0.3 is 0 Å². The van der Waals surface area contributed by atoms with Crippen LogP contribution in [0, 0.1) is 12.8 Å². The van der Waals surface area contributed by atoms with Crippen LogP contribution in [0.1, 0.15) is 41.3 Å². The summed E-state index contributed by atoms with van der Waals surface area (Å²) in [6, 6.07) is 9.90. The summed E-state index contributed by atoms with van der Waals surface area (Å²) in [6.45, 7) is 4.34. The molecule has 0 bridgehead atoms. The molecule has 1 aromatic carbocycles. The molecule has 32 heavy (non-hydrogen) atoms. The molecule has 7 heteroatoms. The number of hydrogen-bond donors (Lipinski definition) is 0. The molecule has 2 amide bonds. The Balaban J connectivity index is 1.48. The number of nitrogens with zero attached hydrogens (tertiary/aromatic N) is 2. The summed E-state index contributed by atoms with van der Waals surface area (Å²) in [6.07, 6.45) is 3.45. The van der Waals surface area contributed by atoms with Crippen molar-refractivity contribution in [3.8, 4) is 5.75 Å². The van der Waals surface area contributed by atoms with Crippen LogP contribution in [0.25, 0.3) is 0 Å². The van der Waals surface area contributed by atoms with Gasteiger partial charge < -0.3 is 19.3 Å². The highest BCUT2D eigenvalue weighted by molar-refractivity contribution is 7.10. The van der Waals surface area contributed by atoms with Crippen LogP contribution in [0.15, 0.2) is 35.7 Å². The van der Waals surface area contributed by atoms with Crippen molar-refractivity contribution in [1.82, 2.24) is 9.80 Å². The van der Waals surface area contributed by atoms with Crippen LogP contribution in [-0.2, 0) is 20.7 Å². The first-order valence-electron chi connectivity index (χ1n) is 11.4. The highest BCUT2D eigenvalue weighted by Crippen LogP contribution is 2.35. The molecule has 0 radical (unpaired) electrons. The number of hydrogen-bond acceptors (Lipinski definition) is 5. The maximum Gasteiger partial charge on any atom is 0.242 e. The minimum Gasteiger partial charge on any atom is -0.491 e. The number of amides is 2. The van der Waals surface area contributed by atoms with E-state index in [0.717, 1.165) is 37.0 Å². The molecule has 1 aliphatic heterocycles. The van der Waals surface area contributed by atoms with Gasteiger partial charge in [-0.1, -0.05) is 18.2 Å². The number of carbonyl (C=O) groups is 2. The number of rotatable bonds is 10. The van der Waals surface area contributed by atoms with Gasteiger partial charge in [0, 0.05) is 37.6 Å². The molecule has 1 saturated carbocycles. The maximum atomic E-state index is 13.5. The fraction of sp³-hybridized carbons (Fsp3) is 0.520. The third-order valence-corrected chi connectivity index (χ3v) is 7.24. The molecular formula is C25H32N2O4S. The zero-order chi connectivity index (χ0) is 22.5. The van der Waals surface area contributed by atoms with Crippen molar-refractivity contribution in [2.24, 2.45) is 5.92 Å². The normalized spacial score (nSPS) is 17.7. The zero-order valence-electron chi connectivity index (χ0n) is 18.9. The second kappa shape index (κ2) is 10.5. The summed E-state index contributed by atoms with van der Waals surface area (Å²) in [5, 5.41) is 2.09. The number of para-hydroxylation sites is 1. The van der Waals surface area contributed by atoms with Gasteiger partial charge in [-0.2, -0.15) is 0 Å². The monoisotopic (exact) mass is 456 g/mol. The molecule has 0 spiro atoms. The smallest absolute Gasteiger partial charge is 0.242 e. The minimum atomic E-state index is -0.144. The van der Waals surface area contributed by atoms with Crippen LogP contribution in [0.4, 0.5) is 0 Å². The number of benzene rings is 1. The Hall–Kier alpha value is -2.38. The van der Waals surface area contributed by atoms with Crippen molar-refractivity contribution in [2.45, 2.75) is 38.6 Å². The first kappa shape index (κ1) is 22.8. The quantitative estimate of drug-likeness (QED) is 0.510. The van der Waals surface area contributed by atoms with Crippen molar-refractivity contribution in [1.29, 1.82) is 0 Å². The van der Waals surface area contributed by atoms with Crippen molar-refractivity contribution in [3.05, 3.63) is 51.7 Å². The van der Waals surface area contributed by atoms with Gasteiger partial charge in [-0.05, 0) is 61.2 Å². The fourth-order valence-corrected chi connectivity index (χ4v) is 5.20. The number of aryl methyl sites for hydroxylation is 1. The second-order valence-electron chi connectivity index (χ2n) is 8.61. The van der Waals surface area contributed by atoms with E-state index in [9.17, 15) is 9.59 Å². The molecular weight excluding hydrogens is 424 g/mol. The third kappa shape index (κ3) is 5.33. The van der Waals surface area contributed by atoms with Gasteiger partial charge in [0.25, 0.3) is 0 Å². The molecule has 2 heterocycles. The number of carbonyl (C=O) groups excluding carboxylic acids is 2. The van der Waals surface area contributed by atoms with Crippen molar-refractivity contribution < 1.29 is 19.1 Å². The maximum absolute atomic E-state index is 13.5. The zero-order valence-corrected chi connectivity index (χ0v) is 19.7. The molecule has 4 rings (SSSR count). The average molecular weight is 457 g/mol. The summed E-state index contributed by atoms with van der Waals surface area (Å²) in [4.78, 5) is 31.2. The minimum absolute atomic E-state index is 0.00773. The van der Waals surface area contributed by atoms with Gasteiger partial charge in [0.05, 0.1) is 12.6 Å². The molecule has 0 saturated heterocycles. The van der Waals surface area contributed by atoms with E-state index in [4.69, 9.17) is 9.47 Å². The molecule has 2 aliphatic rings. The van der Waals surface area contributed by atoms with Gasteiger partial charge in [0.1, 0.15) is 12.4 Å². The van der Waals surface area contributed by atoms with E-state index in [0.29, 0.717) is 26.3 Å². The summed E-state index contributed by atoms with van der Waals surface area (Å²) in [7, 11) is 1.66. The Labute approximate surface area is 194 Å². The first-order valence-corrected chi connectivity index (χ1v) is 12.3. The number of fused-ring (bicyclic) bond motifs is 1. The average Bonchev–Trinajstić information content (AvgIpc) is 3.54. The lowest BCUT2D eigenvalue weighted by molar-refractivity contribution is -0.143. The van der Waals surface area contributed by atoms with Crippen LogP contribution in [0.3, 0.4) is 0 Å². The van der Waals surface area contributed by atoms with Crippen molar-refractivity contribution in [3.63, 3.8) is 0 Å². The molecule has 0 unspecified atom stereocenters. The molecule has 1 atom stereocenters. The highest BCUT2D eigenvalue weighted by Gasteiger charge is 2.37. The van der Waals surface area contributed by atoms with E-state index in [1.165, 1.54) is 10.4 Å². The van der Waals surface area contributed by atoms with Crippen LogP contribution in [-0.4, -0.2) is 61.6 Å². The summed E-state index contributed by atoms with van der Waals surface area (Å²) >= 11 is 1.74. The number of thiophene rings is 1. The van der Waals surface area contributed by atoms with Crippen LogP contribution in [0.2, 0.25) is 0 Å².